The van der Waals surface area contributed by atoms with Crippen LogP contribution >= 0.6 is 0 Å². The summed E-state index contributed by atoms with van der Waals surface area (Å²) in [5.41, 5.74) is 0. The highest BCUT2D eigenvalue weighted by atomic mass is 32.2. The fourth-order valence-corrected chi connectivity index (χ4v) is 2.82. The van der Waals surface area contributed by atoms with Crippen LogP contribution < -0.4 is 0 Å². The molecule has 0 heterocycles. The standard InChI is InChI=1S/C11H18F9N2O2S/c1-21(6-5-7-22(2,3)4)25(23,24)11(19,20)9(14,15)8(12,13)10(16,17)18/h5-7H2,1-4H3/q+1. The van der Waals surface area contributed by atoms with E-state index in [1.807, 2.05) is 0 Å². The van der Waals surface area contributed by atoms with Gasteiger partial charge in [0.05, 0.1) is 27.7 Å². The van der Waals surface area contributed by atoms with Crippen LogP contribution in [0.3, 0.4) is 0 Å². The Balaban J connectivity index is 5.67. The van der Waals surface area contributed by atoms with Crippen LogP contribution in [0.4, 0.5) is 39.5 Å². The van der Waals surface area contributed by atoms with Crippen molar-refractivity contribution in [2.24, 2.45) is 0 Å². The predicted octanol–water partition coefficient (Wildman–Crippen LogP) is 2.77. The number of hydrogen-bond donors (Lipinski definition) is 0. The first-order chi connectivity index (χ1) is 10.6. The van der Waals surface area contributed by atoms with E-state index in [-0.39, 0.29) is 21.8 Å². The maximum atomic E-state index is 13.6. The zero-order chi connectivity index (χ0) is 20.7. The van der Waals surface area contributed by atoms with E-state index >= 15 is 0 Å². The molecule has 0 rings (SSSR count). The zero-order valence-corrected chi connectivity index (χ0v) is 14.5. The number of halogens is 9. The minimum atomic E-state index is -7.25. The molecule has 0 amide bonds. The van der Waals surface area contributed by atoms with E-state index < -0.39 is 39.8 Å². The lowest BCUT2D eigenvalue weighted by Crippen LogP contribution is -2.65. The topological polar surface area (TPSA) is 37.4 Å². The van der Waals surface area contributed by atoms with Crippen molar-refractivity contribution < 1.29 is 52.4 Å². The number of hydrogen-bond acceptors (Lipinski definition) is 2. The molecule has 0 saturated carbocycles. The first kappa shape index (κ1) is 24.2. The molecule has 0 aliphatic heterocycles. The largest absolute Gasteiger partial charge is 0.460 e. The Morgan fingerprint density at radius 2 is 1.24 bits per heavy atom. The highest BCUT2D eigenvalue weighted by molar-refractivity contribution is 7.90. The zero-order valence-electron chi connectivity index (χ0n) is 13.6. The Hall–Kier alpha value is -0.760. The summed E-state index contributed by atoms with van der Waals surface area (Å²) in [6.45, 7) is -0.582. The van der Waals surface area contributed by atoms with Crippen molar-refractivity contribution in [1.29, 1.82) is 0 Å². The number of alkyl halides is 9. The summed E-state index contributed by atoms with van der Waals surface area (Å²) < 4.78 is 138. The molecule has 0 radical (unpaired) electrons. The lowest BCUT2D eigenvalue weighted by Gasteiger charge is -2.35. The summed E-state index contributed by atoms with van der Waals surface area (Å²) in [6.07, 6.45) is -7.20. The van der Waals surface area contributed by atoms with E-state index in [9.17, 15) is 47.9 Å². The molecule has 0 aliphatic carbocycles. The van der Waals surface area contributed by atoms with Gasteiger partial charge in [-0.15, -0.1) is 0 Å². The Labute approximate surface area is 138 Å². The fourth-order valence-electron chi connectivity index (χ4n) is 1.61. The van der Waals surface area contributed by atoms with Crippen LogP contribution in [-0.2, 0) is 10.0 Å². The van der Waals surface area contributed by atoms with Gasteiger partial charge in [-0.1, -0.05) is 0 Å². The van der Waals surface area contributed by atoms with Crippen LogP contribution in [-0.4, -0.2) is 81.8 Å². The van der Waals surface area contributed by atoms with Gasteiger partial charge < -0.3 is 4.48 Å². The minimum absolute atomic E-state index is 0.128. The van der Waals surface area contributed by atoms with E-state index in [1.165, 1.54) is 0 Å². The summed E-state index contributed by atoms with van der Waals surface area (Å²) in [7, 11) is -1.18. The molecule has 0 bridgehead atoms. The maximum absolute atomic E-state index is 13.6. The van der Waals surface area contributed by atoms with Crippen molar-refractivity contribution in [3.8, 4) is 0 Å². The average Bonchev–Trinajstić information content (AvgIpc) is 2.34. The molecular weight excluding hydrogens is 395 g/mol. The Morgan fingerprint density at radius 3 is 1.56 bits per heavy atom. The van der Waals surface area contributed by atoms with E-state index in [2.05, 4.69) is 0 Å². The summed E-state index contributed by atoms with van der Waals surface area (Å²) in [5, 5.41) is -6.68. The first-order valence-electron chi connectivity index (χ1n) is 6.59. The van der Waals surface area contributed by atoms with Gasteiger partial charge in [-0.05, 0) is 0 Å². The molecule has 0 N–H and O–H groups in total. The van der Waals surface area contributed by atoms with E-state index in [1.54, 1.807) is 21.1 Å². The lowest BCUT2D eigenvalue weighted by atomic mass is 10.1. The van der Waals surface area contributed by atoms with Gasteiger partial charge in [0, 0.05) is 20.0 Å². The number of nitrogens with zero attached hydrogens (tertiary/aromatic N) is 2. The van der Waals surface area contributed by atoms with Crippen LogP contribution in [0.2, 0.25) is 0 Å². The second-order valence-corrected chi connectivity index (χ2v) is 8.44. The van der Waals surface area contributed by atoms with Crippen LogP contribution in [0.1, 0.15) is 6.42 Å². The lowest BCUT2D eigenvalue weighted by molar-refractivity contribution is -0.870. The van der Waals surface area contributed by atoms with Crippen LogP contribution in [0, 0.1) is 0 Å². The summed E-state index contributed by atoms with van der Waals surface area (Å²) in [6, 6.07) is 0. The molecule has 0 unspecified atom stereocenters. The normalized spacial score (nSPS) is 15.8. The van der Waals surface area contributed by atoms with Gasteiger partial charge >= 0.3 is 23.3 Å². The molecule has 0 fully saturated rings. The number of rotatable bonds is 8. The molecule has 0 aromatic rings. The molecule has 4 nitrogen and oxygen atoms in total. The quantitative estimate of drug-likeness (QED) is 0.454. The van der Waals surface area contributed by atoms with Gasteiger partial charge in [0.2, 0.25) is 0 Å². The molecule has 0 aromatic carbocycles. The number of quaternary nitrogens is 1. The van der Waals surface area contributed by atoms with Gasteiger partial charge in [-0.2, -0.15) is 43.8 Å². The molecule has 0 spiro atoms. The van der Waals surface area contributed by atoms with Crippen LogP contribution in [0.5, 0.6) is 0 Å². The van der Waals surface area contributed by atoms with E-state index in [0.29, 0.717) is 7.05 Å². The van der Waals surface area contributed by atoms with Crippen molar-refractivity contribution >= 4 is 10.0 Å². The third kappa shape index (κ3) is 4.51. The van der Waals surface area contributed by atoms with Crippen LogP contribution in [0.25, 0.3) is 0 Å². The second-order valence-electron chi connectivity index (χ2n) is 6.36. The van der Waals surface area contributed by atoms with Gasteiger partial charge in [0.15, 0.2) is 0 Å². The Bertz CT molecular complexity index is 567. The Morgan fingerprint density at radius 1 is 0.840 bits per heavy atom. The van der Waals surface area contributed by atoms with Crippen molar-refractivity contribution in [1.82, 2.24) is 4.31 Å². The van der Waals surface area contributed by atoms with Gasteiger partial charge in [0.1, 0.15) is 0 Å². The highest BCUT2D eigenvalue weighted by Gasteiger charge is 2.85. The molecule has 0 atom stereocenters. The first-order valence-corrected chi connectivity index (χ1v) is 8.03. The molecule has 152 valence electrons. The van der Waals surface area contributed by atoms with Crippen molar-refractivity contribution in [2.45, 2.75) is 29.7 Å². The monoisotopic (exact) mass is 413 g/mol. The van der Waals surface area contributed by atoms with E-state index in [0.717, 1.165) is 0 Å². The second kappa shape index (κ2) is 6.76. The highest BCUT2D eigenvalue weighted by Crippen LogP contribution is 2.55. The van der Waals surface area contributed by atoms with Gasteiger partial charge in [0.25, 0.3) is 10.0 Å². The van der Waals surface area contributed by atoms with Crippen LogP contribution in [0.15, 0.2) is 0 Å². The minimum Gasteiger partial charge on any atom is -0.331 e. The summed E-state index contributed by atoms with van der Waals surface area (Å²) >= 11 is 0. The molecule has 14 heteroatoms. The molecular formula is C11H18F9N2O2S+. The molecule has 0 aliphatic rings. The van der Waals surface area contributed by atoms with E-state index in [4.69, 9.17) is 0 Å². The van der Waals surface area contributed by atoms with Gasteiger partial charge in [-0.3, -0.25) is 0 Å². The SMILES string of the molecule is CN(CCC[N+](C)(C)C)S(=O)(=O)C(F)(F)C(F)(F)C(F)(F)C(F)(F)F. The maximum Gasteiger partial charge on any atom is 0.460 e. The van der Waals surface area contributed by atoms with Crippen molar-refractivity contribution in [3.05, 3.63) is 0 Å². The number of sulfonamides is 1. The van der Waals surface area contributed by atoms with Gasteiger partial charge in [-0.25, -0.2) is 8.42 Å². The molecule has 0 saturated heterocycles. The summed E-state index contributed by atoms with van der Waals surface area (Å²) in [4.78, 5) is 0. The van der Waals surface area contributed by atoms with Crippen molar-refractivity contribution in [3.63, 3.8) is 0 Å². The average molecular weight is 413 g/mol. The van der Waals surface area contributed by atoms with Crippen molar-refractivity contribution in [2.75, 3.05) is 41.3 Å². The third-order valence-corrected chi connectivity index (χ3v) is 5.06. The molecule has 0 aromatic heterocycles. The Kier molecular flexibility index (Phi) is 6.55. The fraction of sp³-hybridized carbons (Fsp3) is 1.00. The molecule has 25 heavy (non-hydrogen) atoms. The predicted molar refractivity (Wildman–Crippen MR) is 70.0 cm³/mol. The smallest absolute Gasteiger partial charge is 0.331 e. The summed E-state index contributed by atoms with van der Waals surface area (Å²) in [5.74, 6) is -14.5. The third-order valence-electron chi connectivity index (χ3n) is 3.15.